The van der Waals surface area contributed by atoms with Crippen molar-refractivity contribution in [2.24, 2.45) is 10.7 Å². The molecule has 0 saturated heterocycles. The van der Waals surface area contributed by atoms with E-state index in [-0.39, 0.29) is 24.0 Å². The predicted molar refractivity (Wildman–Crippen MR) is 85.2 cm³/mol. The van der Waals surface area contributed by atoms with Gasteiger partial charge in [-0.1, -0.05) is 6.07 Å². The zero-order valence-electron chi connectivity index (χ0n) is 9.72. The number of hydrogen-bond donors (Lipinski definition) is 2. The lowest BCUT2D eigenvalue weighted by Gasteiger charge is -2.09. The number of aromatic nitrogens is 1. The summed E-state index contributed by atoms with van der Waals surface area (Å²) in [7, 11) is 0. The van der Waals surface area contributed by atoms with Crippen LogP contribution in [0.5, 0.6) is 0 Å². The van der Waals surface area contributed by atoms with Gasteiger partial charge in [0.05, 0.1) is 6.54 Å². The molecule has 0 unspecified atom stereocenters. The van der Waals surface area contributed by atoms with Crippen LogP contribution in [-0.4, -0.2) is 28.5 Å². The van der Waals surface area contributed by atoms with Crippen LogP contribution < -0.4 is 11.1 Å². The molecule has 1 aliphatic carbocycles. The van der Waals surface area contributed by atoms with Crippen LogP contribution in [0.25, 0.3) is 0 Å². The third-order valence-corrected chi connectivity index (χ3v) is 4.10. The maximum Gasteiger partial charge on any atom is 0.194 e. The van der Waals surface area contributed by atoms with Crippen molar-refractivity contribution in [3.63, 3.8) is 0 Å². The van der Waals surface area contributed by atoms with Gasteiger partial charge in [0, 0.05) is 10.9 Å². The van der Waals surface area contributed by atoms with Crippen molar-refractivity contribution < 1.29 is 0 Å². The molecule has 0 aliphatic heterocycles. The summed E-state index contributed by atoms with van der Waals surface area (Å²) in [6.07, 6.45) is 6.34. The Morgan fingerprint density at radius 2 is 2.35 bits per heavy atom. The fourth-order valence-corrected chi connectivity index (χ4v) is 2.11. The minimum absolute atomic E-state index is 0. The third-order valence-electron chi connectivity index (χ3n) is 2.70. The third kappa shape index (κ3) is 4.34. The molecule has 0 aromatic carbocycles. The normalized spacial score (nSPS) is 17.1. The van der Waals surface area contributed by atoms with E-state index in [0.717, 1.165) is 12.4 Å². The molecule has 4 nitrogen and oxygen atoms in total. The van der Waals surface area contributed by atoms with E-state index in [1.807, 2.05) is 30.0 Å². The number of nitrogens with zero attached hydrogens (tertiary/aromatic N) is 2. The average molecular weight is 364 g/mol. The number of anilines is 1. The monoisotopic (exact) mass is 364 g/mol. The molecule has 6 heteroatoms. The van der Waals surface area contributed by atoms with Gasteiger partial charge in [-0.25, -0.2) is 4.98 Å². The standard InChI is InChI=1S/C11H16N4S.HI/c1-16-11(5-6-11)8-14-10(12)15-9-4-2-3-7-13-9;/h2-4,7H,5-6,8H2,1H3,(H3,12,13,14,15);1H. The molecule has 1 saturated carbocycles. The largest absolute Gasteiger partial charge is 0.370 e. The summed E-state index contributed by atoms with van der Waals surface area (Å²) in [5.41, 5.74) is 5.79. The molecule has 0 bridgehead atoms. The fraction of sp³-hybridized carbons (Fsp3) is 0.455. The van der Waals surface area contributed by atoms with Gasteiger partial charge in [-0.15, -0.1) is 24.0 Å². The Labute approximate surface area is 123 Å². The van der Waals surface area contributed by atoms with Gasteiger partial charge in [-0.05, 0) is 31.2 Å². The van der Waals surface area contributed by atoms with Crippen molar-refractivity contribution in [2.45, 2.75) is 17.6 Å². The van der Waals surface area contributed by atoms with E-state index >= 15 is 0 Å². The summed E-state index contributed by atoms with van der Waals surface area (Å²) in [5, 5.41) is 2.97. The van der Waals surface area contributed by atoms with E-state index in [9.17, 15) is 0 Å². The molecule has 0 radical (unpaired) electrons. The van der Waals surface area contributed by atoms with Crippen molar-refractivity contribution in [2.75, 3.05) is 18.1 Å². The summed E-state index contributed by atoms with van der Waals surface area (Å²) >= 11 is 1.88. The molecule has 1 aliphatic rings. The van der Waals surface area contributed by atoms with Crippen molar-refractivity contribution in [1.29, 1.82) is 0 Å². The first-order valence-electron chi connectivity index (χ1n) is 5.27. The van der Waals surface area contributed by atoms with Crippen LogP contribution in [0.1, 0.15) is 12.8 Å². The molecular weight excluding hydrogens is 347 g/mol. The first kappa shape index (κ1) is 14.6. The maximum atomic E-state index is 5.79. The first-order chi connectivity index (χ1) is 7.74. The molecular formula is C11H17IN4S. The van der Waals surface area contributed by atoms with Crippen LogP contribution in [0, 0.1) is 0 Å². The molecule has 94 valence electrons. The van der Waals surface area contributed by atoms with Crippen LogP contribution >= 0.6 is 35.7 Å². The number of nitrogens with one attached hydrogen (secondary N) is 1. The van der Waals surface area contributed by atoms with Crippen LogP contribution in [0.2, 0.25) is 0 Å². The highest BCUT2D eigenvalue weighted by molar-refractivity contribution is 14.0. The van der Waals surface area contributed by atoms with Gasteiger partial charge in [0.1, 0.15) is 5.82 Å². The van der Waals surface area contributed by atoms with Gasteiger partial charge in [-0.3, -0.25) is 4.99 Å². The van der Waals surface area contributed by atoms with Gasteiger partial charge in [-0.2, -0.15) is 11.8 Å². The van der Waals surface area contributed by atoms with E-state index in [1.165, 1.54) is 12.8 Å². The molecule has 1 fully saturated rings. The second kappa shape index (κ2) is 6.44. The van der Waals surface area contributed by atoms with Crippen molar-refractivity contribution in [3.8, 4) is 0 Å². The summed E-state index contributed by atoms with van der Waals surface area (Å²) in [5.74, 6) is 1.18. The van der Waals surface area contributed by atoms with Gasteiger partial charge in [0.2, 0.25) is 0 Å². The van der Waals surface area contributed by atoms with E-state index < -0.39 is 0 Å². The first-order valence-corrected chi connectivity index (χ1v) is 6.50. The average Bonchev–Trinajstić information content (AvgIpc) is 3.09. The van der Waals surface area contributed by atoms with E-state index in [0.29, 0.717) is 10.7 Å². The molecule has 3 N–H and O–H groups in total. The van der Waals surface area contributed by atoms with E-state index in [4.69, 9.17) is 5.73 Å². The van der Waals surface area contributed by atoms with Crippen LogP contribution in [0.15, 0.2) is 29.4 Å². The Balaban J connectivity index is 0.00000144. The molecule has 0 spiro atoms. The van der Waals surface area contributed by atoms with E-state index in [1.54, 1.807) is 6.20 Å². The second-order valence-corrected chi connectivity index (χ2v) is 5.20. The number of nitrogens with two attached hydrogens (primary N) is 1. The SMILES string of the molecule is CSC1(CN=C(N)Nc2ccccn2)CC1.I. The molecule has 0 amide bonds. The Morgan fingerprint density at radius 3 is 2.88 bits per heavy atom. The summed E-state index contributed by atoms with van der Waals surface area (Å²) in [6.45, 7) is 0.792. The quantitative estimate of drug-likeness (QED) is 0.489. The van der Waals surface area contributed by atoms with Crippen molar-refractivity contribution >= 4 is 47.5 Å². The molecule has 2 rings (SSSR count). The smallest absolute Gasteiger partial charge is 0.194 e. The van der Waals surface area contributed by atoms with Crippen molar-refractivity contribution in [1.82, 2.24) is 4.98 Å². The number of pyridine rings is 1. The molecule has 17 heavy (non-hydrogen) atoms. The van der Waals surface area contributed by atoms with Gasteiger partial charge in [0.15, 0.2) is 5.96 Å². The summed E-state index contributed by atoms with van der Waals surface area (Å²) < 4.78 is 0.358. The van der Waals surface area contributed by atoms with Gasteiger partial charge < -0.3 is 11.1 Å². The van der Waals surface area contributed by atoms with Gasteiger partial charge in [0.25, 0.3) is 0 Å². The lowest BCUT2D eigenvalue weighted by atomic mass is 10.4. The zero-order valence-corrected chi connectivity index (χ0v) is 12.9. The number of halogens is 1. The Kier molecular flexibility index (Phi) is 5.51. The predicted octanol–water partition coefficient (Wildman–Crippen LogP) is 2.32. The topological polar surface area (TPSA) is 63.3 Å². The summed E-state index contributed by atoms with van der Waals surface area (Å²) in [6, 6.07) is 5.64. The highest BCUT2D eigenvalue weighted by Crippen LogP contribution is 2.47. The van der Waals surface area contributed by atoms with Crippen LogP contribution in [0.3, 0.4) is 0 Å². The number of thioether (sulfide) groups is 1. The summed E-state index contributed by atoms with van der Waals surface area (Å²) in [4.78, 5) is 8.47. The maximum absolute atomic E-state index is 5.79. The molecule has 1 aromatic heterocycles. The minimum Gasteiger partial charge on any atom is -0.370 e. The lowest BCUT2D eigenvalue weighted by molar-refractivity contribution is 0.901. The Bertz CT molecular complexity index is 378. The highest BCUT2D eigenvalue weighted by Gasteiger charge is 2.41. The van der Waals surface area contributed by atoms with E-state index in [2.05, 4.69) is 21.5 Å². The van der Waals surface area contributed by atoms with Gasteiger partial charge >= 0.3 is 0 Å². The van der Waals surface area contributed by atoms with Crippen LogP contribution in [-0.2, 0) is 0 Å². The number of hydrogen-bond acceptors (Lipinski definition) is 3. The Morgan fingerprint density at radius 1 is 1.59 bits per heavy atom. The number of aliphatic imine (C=N–C) groups is 1. The molecule has 1 heterocycles. The fourth-order valence-electron chi connectivity index (χ4n) is 1.40. The molecule has 0 atom stereocenters. The lowest BCUT2D eigenvalue weighted by Crippen LogP contribution is -2.25. The zero-order chi connectivity index (χ0) is 11.4. The number of guanidine groups is 1. The second-order valence-electron chi connectivity index (χ2n) is 3.93. The van der Waals surface area contributed by atoms with Crippen molar-refractivity contribution in [3.05, 3.63) is 24.4 Å². The van der Waals surface area contributed by atoms with Crippen LogP contribution in [0.4, 0.5) is 5.82 Å². The molecule has 1 aromatic rings. The Hall–Kier alpha value is -0.500. The highest BCUT2D eigenvalue weighted by atomic mass is 127. The minimum atomic E-state index is 0. The number of rotatable bonds is 4.